The molecule has 88 heavy (non-hydrogen) atoms. The van der Waals surface area contributed by atoms with Crippen LogP contribution in [0.4, 0.5) is 25.8 Å². The van der Waals surface area contributed by atoms with E-state index in [2.05, 4.69) is 21.3 Å². The number of nitrogens with one attached hydrogen (secondary N) is 4. The van der Waals surface area contributed by atoms with Crippen LogP contribution in [-0.2, 0) is 70.3 Å². The van der Waals surface area contributed by atoms with Crippen molar-refractivity contribution in [3.05, 3.63) is 76.3 Å². The first-order chi connectivity index (χ1) is 41.6. The van der Waals surface area contributed by atoms with Crippen LogP contribution in [0.5, 0.6) is 5.75 Å². The number of halogens is 1. The van der Waals surface area contributed by atoms with Crippen molar-refractivity contribution < 1.29 is 76.4 Å². The Hall–Kier alpha value is -7.57. The molecule has 4 aliphatic heterocycles. The summed E-state index contributed by atoms with van der Waals surface area (Å²) in [6.45, 7) is 12.5. The van der Waals surface area contributed by atoms with Crippen molar-refractivity contribution >= 4 is 82.5 Å². The van der Waals surface area contributed by atoms with E-state index < -0.39 is 96.0 Å². The van der Waals surface area contributed by atoms with Crippen LogP contribution in [0, 0.1) is 23.7 Å². The van der Waals surface area contributed by atoms with Gasteiger partial charge in [-0.25, -0.2) is 19.2 Å². The summed E-state index contributed by atoms with van der Waals surface area (Å²) in [7, 11) is 5.95. The number of unbranched alkanes of at least 4 members (excludes halogenated alkanes) is 2. The van der Waals surface area contributed by atoms with E-state index in [0.29, 0.717) is 67.8 Å². The number of ketones is 1. The van der Waals surface area contributed by atoms with E-state index in [1.807, 2.05) is 32.1 Å². The molecular weight excluding hydrogens is 1160 g/mol. The largest absolute Gasteiger partial charge is 0.495 e. The van der Waals surface area contributed by atoms with Gasteiger partial charge in [0.05, 0.1) is 43.5 Å². The normalized spacial score (nSPS) is 24.9. The number of amides is 9. The molecule has 482 valence electrons. The smallest absolute Gasteiger partial charge is 0.410 e. The van der Waals surface area contributed by atoms with Crippen LogP contribution in [0.15, 0.2) is 60.2 Å². The molecule has 3 unspecified atom stereocenters. The summed E-state index contributed by atoms with van der Waals surface area (Å²) < 4.78 is 35.4. The molecule has 3 fully saturated rings. The minimum Gasteiger partial charge on any atom is -0.495 e. The van der Waals surface area contributed by atoms with Gasteiger partial charge >= 0.3 is 24.2 Å². The van der Waals surface area contributed by atoms with Gasteiger partial charge in [-0.3, -0.25) is 38.6 Å². The number of likely N-dealkylation sites (N-methyl/N-ethyl adjacent to an activating group) is 1. The number of carbonyl (C=O) groups is 10. The highest BCUT2D eigenvalue weighted by Crippen LogP contribution is 2.49. The van der Waals surface area contributed by atoms with Crippen molar-refractivity contribution in [3.8, 4) is 5.75 Å². The summed E-state index contributed by atoms with van der Waals surface area (Å²) in [5, 5.41) is 11.2. The zero-order chi connectivity index (χ0) is 64.7. The van der Waals surface area contributed by atoms with Gasteiger partial charge in [0.2, 0.25) is 29.5 Å². The Morgan fingerprint density at radius 3 is 2.33 bits per heavy atom. The number of likely N-dealkylation sites (tertiary alicyclic amines) is 1. The number of benzene rings is 2. The number of methoxy groups -OCH3 is 2. The van der Waals surface area contributed by atoms with Gasteiger partial charge in [-0.2, -0.15) is 0 Å². The fourth-order valence-corrected chi connectivity index (χ4v) is 11.5. The summed E-state index contributed by atoms with van der Waals surface area (Å²) in [5.74, 6) is -4.51. The average Bonchev–Trinajstić information content (AvgIpc) is 2.02. The van der Waals surface area contributed by atoms with Gasteiger partial charge < -0.3 is 60.3 Å². The SMILES string of the molecule is COc1cc2cc(c1Cl)N(C)C(=O)C[C@H](OC(=O)[C@H](C)N(C)C(=O)OCc1ccc(NC(=O)[C@H](CCCNC(N)=O)CC(=O)[C@@H](NC(=O)CCCCCN3C(=O)CC(C)C3=O)C(C)C)cc1)[C@]1(C)O[C@H]1[C@H](C)[C@@H]1CC(NC(=O)O1)C(OC)/C=C/C=C(\C)C2. The molecule has 3 saturated heterocycles. The number of hydrogen-bond donors (Lipinski definition) is 5. The van der Waals surface area contributed by atoms with E-state index in [9.17, 15) is 47.9 Å². The second-order valence-electron chi connectivity index (χ2n) is 23.9. The lowest BCUT2D eigenvalue weighted by Gasteiger charge is -2.36. The average molecular weight is 1250 g/mol. The Labute approximate surface area is 519 Å². The number of alkyl carbamates (subject to hydrolysis) is 1. The molecule has 2 aromatic carbocycles. The molecule has 24 nitrogen and oxygen atoms in total. The first kappa shape index (κ1) is 69.5. The van der Waals surface area contributed by atoms with E-state index in [0.717, 1.165) is 16.0 Å². The predicted molar refractivity (Wildman–Crippen MR) is 326 cm³/mol. The monoisotopic (exact) mass is 1250 g/mol. The van der Waals surface area contributed by atoms with E-state index in [-0.39, 0.29) is 85.6 Å². The predicted octanol–water partition coefficient (Wildman–Crippen LogP) is 7.06. The molecule has 6 N–H and O–H groups in total. The van der Waals surface area contributed by atoms with Crippen molar-refractivity contribution in [2.75, 3.05) is 51.6 Å². The molecule has 0 radical (unpaired) electrons. The Morgan fingerprint density at radius 2 is 1.68 bits per heavy atom. The third-order valence-electron chi connectivity index (χ3n) is 16.9. The number of rotatable bonds is 24. The number of allylic oxidation sites excluding steroid dienone is 3. The van der Waals surface area contributed by atoms with Gasteiger partial charge in [-0.05, 0) is 94.2 Å². The fraction of sp³-hybridized carbons (Fsp3) is 0.587. The van der Waals surface area contributed by atoms with Crippen LogP contribution in [0.25, 0.3) is 0 Å². The minimum absolute atomic E-state index is 0.123. The van der Waals surface area contributed by atoms with Crippen LogP contribution < -0.4 is 36.6 Å². The lowest BCUT2D eigenvalue weighted by molar-refractivity contribution is -0.158. The number of fused-ring (bicyclic) bond motifs is 5. The molecule has 4 aliphatic rings. The molecule has 6 rings (SSSR count). The maximum absolute atomic E-state index is 14.4. The highest BCUT2D eigenvalue weighted by molar-refractivity contribution is 6.35. The third kappa shape index (κ3) is 18.5. The van der Waals surface area contributed by atoms with Crippen molar-refractivity contribution in [3.63, 3.8) is 0 Å². The number of Topliss-reactive ketones (excluding diaryl/α,β-unsaturated/α-hetero) is 1. The molecule has 2 aromatic rings. The molecule has 4 bridgehead atoms. The lowest BCUT2D eigenvalue weighted by atomic mass is 9.84. The molecular formula is C63H87ClN8O16. The molecule has 0 saturated carbocycles. The molecule has 0 aromatic heterocycles. The molecule has 0 aliphatic carbocycles. The van der Waals surface area contributed by atoms with Gasteiger partial charge in [-0.1, -0.05) is 81.7 Å². The highest BCUT2D eigenvalue weighted by Gasteiger charge is 2.64. The first-order valence-corrected chi connectivity index (χ1v) is 30.4. The van der Waals surface area contributed by atoms with Crippen molar-refractivity contribution in [1.82, 2.24) is 25.8 Å². The topological polar surface area (TPSA) is 313 Å². The number of esters is 1. The number of hydrogen-bond acceptors (Lipinski definition) is 16. The van der Waals surface area contributed by atoms with E-state index in [4.69, 9.17) is 45.8 Å². The van der Waals surface area contributed by atoms with E-state index in [1.165, 1.54) is 30.9 Å². The van der Waals surface area contributed by atoms with E-state index >= 15 is 0 Å². The minimum atomic E-state index is -1.26. The third-order valence-corrected chi connectivity index (χ3v) is 17.2. The maximum Gasteiger partial charge on any atom is 0.410 e. The van der Waals surface area contributed by atoms with Crippen LogP contribution in [0.2, 0.25) is 5.02 Å². The summed E-state index contributed by atoms with van der Waals surface area (Å²) in [5.41, 5.74) is 6.99. The second-order valence-corrected chi connectivity index (χ2v) is 24.3. The molecule has 0 spiro atoms. The van der Waals surface area contributed by atoms with Crippen molar-refractivity contribution in [2.24, 2.45) is 29.4 Å². The Bertz CT molecular complexity index is 2960. The number of nitrogens with zero attached hydrogens (tertiary/aromatic N) is 3. The van der Waals surface area contributed by atoms with Crippen LogP contribution in [-0.4, -0.2) is 159 Å². The number of urea groups is 1. The number of anilines is 2. The summed E-state index contributed by atoms with van der Waals surface area (Å²) in [6, 6.07) is 6.66. The lowest BCUT2D eigenvalue weighted by Crippen LogP contribution is -2.53. The zero-order valence-electron chi connectivity index (χ0n) is 52.3. The van der Waals surface area contributed by atoms with Gasteiger partial charge in [0.15, 0.2) is 5.78 Å². The first-order valence-electron chi connectivity index (χ1n) is 30.0. The van der Waals surface area contributed by atoms with Crippen LogP contribution in [0.1, 0.15) is 124 Å². The molecule has 25 heteroatoms. The summed E-state index contributed by atoms with van der Waals surface area (Å²) in [6.07, 6.45) is 3.76. The Morgan fingerprint density at radius 1 is 0.966 bits per heavy atom. The molecule has 4 heterocycles. The molecule has 9 amide bonds. The number of ether oxygens (including phenoxy) is 6. The zero-order valence-corrected chi connectivity index (χ0v) is 53.0. The number of epoxide rings is 1. The van der Waals surface area contributed by atoms with E-state index in [1.54, 1.807) is 78.3 Å². The number of primary amides is 1. The van der Waals surface area contributed by atoms with Gasteiger partial charge in [-0.15, -0.1) is 0 Å². The second kappa shape index (κ2) is 31.6. The number of carbonyl (C=O) groups excluding carboxylic acids is 10. The Balaban J connectivity index is 1.08. The fourth-order valence-electron chi connectivity index (χ4n) is 11.2. The molecule has 11 atom stereocenters. The number of imide groups is 1. The quantitative estimate of drug-likeness (QED) is 0.0231. The standard InChI is InChI=1S/C63H87ClN8O16/c1-35(2)55(69-51(74)20-13-12-14-26-72-53(76)28-37(4)58(72)78)46(73)31-42(18-16-25-66-60(65)80)57(77)67-43-23-21-40(22-24-43)34-85-62(82)70(8)39(6)59(79)87-50-33-52(75)71(9)45-29-41(30-49(84-11)54(45)64)27-36(3)17-15-19-47(83-10)44-32-48(86-61(81)68-44)38(5)56-63(50,7)88-56/h15,17,19,21-24,29-30,35,37-39,42,44,47-48,50,55-56H,12-14,16,18,20,25-28,31-34H2,1-11H3,(H,67,77)(H,68,81)(H,69,74)(H3,65,66,80)/b19-15+,36-17+/t37?,38-,39+,42-,44?,47?,48+,50+,55+,56+,63+/m1/s1. The van der Waals surface area contributed by atoms with Crippen molar-refractivity contribution in [1.29, 1.82) is 0 Å². The van der Waals surface area contributed by atoms with Gasteiger partial charge in [0.1, 0.15) is 41.2 Å². The van der Waals surface area contributed by atoms with Crippen molar-refractivity contribution in [2.45, 2.75) is 174 Å². The highest BCUT2D eigenvalue weighted by atomic mass is 35.5. The number of nitrogens with two attached hydrogens (primary N) is 1. The summed E-state index contributed by atoms with van der Waals surface area (Å²) >= 11 is 6.85. The van der Waals surface area contributed by atoms with Crippen LogP contribution in [0.3, 0.4) is 0 Å². The summed E-state index contributed by atoms with van der Waals surface area (Å²) in [4.78, 5) is 136. The Kier molecular flexibility index (Phi) is 24.9. The maximum atomic E-state index is 14.4. The van der Waals surface area contributed by atoms with Crippen LogP contribution >= 0.6 is 11.6 Å². The van der Waals surface area contributed by atoms with Gasteiger partial charge in [0, 0.05) is 83.4 Å². The van der Waals surface area contributed by atoms with Gasteiger partial charge in [0.25, 0.3) is 0 Å².